The molecule has 0 aliphatic carbocycles. The molecule has 160 valence electrons. The van der Waals surface area contributed by atoms with E-state index in [1.807, 2.05) is 35.4 Å². The van der Waals surface area contributed by atoms with Crippen molar-refractivity contribution in [1.29, 1.82) is 0 Å². The molecule has 6 nitrogen and oxygen atoms in total. The van der Waals surface area contributed by atoms with Gasteiger partial charge in [0.25, 0.3) is 5.91 Å². The maximum absolute atomic E-state index is 13.1. The maximum Gasteiger partial charge on any atom is 0.255 e. The van der Waals surface area contributed by atoms with Gasteiger partial charge in [-0.05, 0) is 43.4 Å². The number of carbonyl (C=O) groups is 1. The van der Waals surface area contributed by atoms with Gasteiger partial charge < -0.3 is 14.9 Å². The molecule has 0 saturated carbocycles. The van der Waals surface area contributed by atoms with Crippen molar-refractivity contribution < 1.29 is 9.90 Å². The molecule has 4 rings (SSSR count). The van der Waals surface area contributed by atoms with E-state index >= 15 is 0 Å². The highest BCUT2D eigenvalue weighted by Crippen LogP contribution is 2.25. The Balaban J connectivity index is 1.32. The Bertz CT molecular complexity index is 851. The number of piperidine rings is 1. The van der Waals surface area contributed by atoms with E-state index in [4.69, 9.17) is 0 Å². The third-order valence-electron chi connectivity index (χ3n) is 6.36. The molecule has 1 aromatic heterocycles. The number of nitrogens with zero attached hydrogens (tertiary/aromatic N) is 4. The summed E-state index contributed by atoms with van der Waals surface area (Å²) in [4.78, 5) is 24.0. The Morgan fingerprint density at radius 2 is 1.80 bits per heavy atom. The van der Waals surface area contributed by atoms with E-state index in [-0.39, 0.29) is 5.91 Å². The van der Waals surface area contributed by atoms with Gasteiger partial charge in [-0.1, -0.05) is 36.4 Å². The van der Waals surface area contributed by atoms with Gasteiger partial charge in [-0.25, -0.2) is 4.98 Å². The molecule has 2 aliphatic heterocycles. The van der Waals surface area contributed by atoms with Crippen LogP contribution in [0.25, 0.3) is 0 Å². The topological polar surface area (TPSA) is 59.9 Å². The highest BCUT2D eigenvalue weighted by molar-refractivity contribution is 5.86. The van der Waals surface area contributed by atoms with E-state index in [9.17, 15) is 9.90 Å². The fraction of sp³-hybridized carbons (Fsp3) is 0.500. The lowest BCUT2D eigenvalue weighted by Gasteiger charge is -2.43. The van der Waals surface area contributed by atoms with Crippen LogP contribution >= 0.6 is 0 Å². The molecule has 2 aliphatic rings. The number of anilines is 1. The van der Waals surface area contributed by atoms with Gasteiger partial charge >= 0.3 is 0 Å². The zero-order valence-corrected chi connectivity index (χ0v) is 17.8. The molecule has 0 unspecified atom stereocenters. The summed E-state index contributed by atoms with van der Waals surface area (Å²) < 4.78 is 0. The Kier molecular flexibility index (Phi) is 6.35. The maximum atomic E-state index is 13.1. The average Bonchev–Trinajstić information content (AvgIpc) is 2.77. The first kappa shape index (κ1) is 20.8. The molecule has 1 N–H and O–H groups in total. The SMILES string of the molecule is Cc1cccnc1N1CCN(C[C@]2(O)CCCN(CCc3ccccc3)C2=O)CC1. The third-order valence-corrected chi connectivity index (χ3v) is 6.36. The minimum atomic E-state index is -1.27. The highest BCUT2D eigenvalue weighted by Gasteiger charge is 2.43. The number of likely N-dealkylation sites (tertiary alicyclic amines) is 1. The van der Waals surface area contributed by atoms with Crippen molar-refractivity contribution >= 4 is 11.7 Å². The Hall–Kier alpha value is -2.44. The van der Waals surface area contributed by atoms with Crippen LogP contribution in [0.5, 0.6) is 0 Å². The quantitative estimate of drug-likeness (QED) is 0.793. The lowest BCUT2D eigenvalue weighted by Crippen LogP contribution is -2.61. The first-order valence-electron chi connectivity index (χ1n) is 11.0. The molecule has 0 radical (unpaired) electrons. The normalized spacial score (nSPS) is 23.1. The summed E-state index contributed by atoms with van der Waals surface area (Å²) in [5.41, 5.74) is 1.14. The molecule has 0 bridgehead atoms. The fourth-order valence-electron chi connectivity index (χ4n) is 4.63. The standard InChI is InChI=1S/C24H32N4O2/c1-20-7-5-12-25-22(20)27-17-15-26(16-18-27)19-24(30)11-6-13-28(23(24)29)14-10-21-8-3-2-4-9-21/h2-5,7-9,12,30H,6,10-11,13-19H2,1H3/t24-/m1/s1. The Morgan fingerprint density at radius 3 is 2.53 bits per heavy atom. The predicted octanol–water partition coefficient (Wildman–Crippen LogP) is 2.11. The molecule has 2 saturated heterocycles. The number of aromatic nitrogens is 1. The number of benzene rings is 1. The number of pyridine rings is 1. The van der Waals surface area contributed by atoms with Crippen LogP contribution in [0, 0.1) is 6.92 Å². The lowest BCUT2D eigenvalue weighted by atomic mass is 9.90. The zero-order chi connectivity index (χ0) is 21.0. The molecule has 1 aromatic carbocycles. The van der Waals surface area contributed by atoms with Crippen molar-refractivity contribution in [3.05, 3.63) is 59.8 Å². The van der Waals surface area contributed by atoms with Crippen molar-refractivity contribution in [2.75, 3.05) is 50.7 Å². The van der Waals surface area contributed by atoms with Gasteiger partial charge in [0.2, 0.25) is 0 Å². The lowest BCUT2D eigenvalue weighted by molar-refractivity contribution is -0.159. The smallest absolute Gasteiger partial charge is 0.255 e. The second-order valence-electron chi connectivity index (χ2n) is 8.57. The molecule has 1 atom stereocenters. The summed E-state index contributed by atoms with van der Waals surface area (Å²) in [6.45, 7) is 7.29. The molecule has 3 heterocycles. The van der Waals surface area contributed by atoms with E-state index in [1.165, 1.54) is 11.1 Å². The van der Waals surface area contributed by atoms with E-state index in [2.05, 4.69) is 39.9 Å². The second-order valence-corrected chi connectivity index (χ2v) is 8.57. The fourth-order valence-corrected chi connectivity index (χ4v) is 4.63. The Morgan fingerprint density at radius 1 is 1.03 bits per heavy atom. The molecule has 2 fully saturated rings. The number of hydrogen-bond donors (Lipinski definition) is 1. The molecule has 1 amide bonds. The van der Waals surface area contributed by atoms with Crippen LogP contribution in [0.1, 0.15) is 24.0 Å². The van der Waals surface area contributed by atoms with Crippen molar-refractivity contribution in [1.82, 2.24) is 14.8 Å². The van der Waals surface area contributed by atoms with Crippen LogP contribution in [-0.2, 0) is 11.2 Å². The third kappa shape index (κ3) is 4.65. The van der Waals surface area contributed by atoms with Crippen LogP contribution < -0.4 is 4.90 Å². The highest BCUT2D eigenvalue weighted by atomic mass is 16.3. The van der Waals surface area contributed by atoms with E-state index in [0.717, 1.165) is 51.4 Å². The average molecular weight is 409 g/mol. The van der Waals surface area contributed by atoms with E-state index in [0.29, 0.717) is 19.5 Å². The monoisotopic (exact) mass is 408 g/mol. The van der Waals surface area contributed by atoms with Crippen LogP contribution in [0.3, 0.4) is 0 Å². The molecule has 2 aromatic rings. The van der Waals surface area contributed by atoms with Gasteiger partial charge in [0.15, 0.2) is 5.60 Å². The summed E-state index contributed by atoms with van der Waals surface area (Å²) in [5.74, 6) is 0.935. The van der Waals surface area contributed by atoms with Crippen molar-refractivity contribution in [3.63, 3.8) is 0 Å². The first-order valence-corrected chi connectivity index (χ1v) is 11.0. The number of rotatable bonds is 6. The van der Waals surface area contributed by atoms with Gasteiger partial charge in [0.1, 0.15) is 5.82 Å². The summed E-state index contributed by atoms with van der Waals surface area (Å²) in [6, 6.07) is 14.3. The van der Waals surface area contributed by atoms with E-state index in [1.54, 1.807) is 0 Å². The number of aliphatic hydroxyl groups is 1. The molecular weight excluding hydrogens is 376 g/mol. The summed E-state index contributed by atoms with van der Waals surface area (Å²) in [5, 5.41) is 11.2. The van der Waals surface area contributed by atoms with Crippen LogP contribution in [0.15, 0.2) is 48.7 Å². The predicted molar refractivity (Wildman–Crippen MR) is 119 cm³/mol. The van der Waals surface area contributed by atoms with Crippen molar-refractivity contribution in [2.24, 2.45) is 0 Å². The largest absolute Gasteiger partial charge is 0.379 e. The minimum absolute atomic E-state index is 0.104. The number of carbonyl (C=O) groups excluding carboxylic acids is 1. The van der Waals surface area contributed by atoms with Crippen LogP contribution in [0.4, 0.5) is 5.82 Å². The minimum Gasteiger partial charge on any atom is -0.379 e. The molecule has 0 spiro atoms. The number of β-amino-alcohol motifs (C(OH)–C–C–N with tert-alkyl or cyclic N) is 1. The van der Waals surface area contributed by atoms with E-state index < -0.39 is 5.60 Å². The number of amides is 1. The van der Waals surface area contributed by atoms with Gasteiger partial charge in [0, 0.05) is 52.0 Å². The Labute approximate surface area is 179 Å². The number of aryl methyl sites for hydroxylation is 1. The second kappa shape index (κ2) is 9.14. The molecule has 30 heavy (non-hydrogen) atoms. The zero-order valence-electron chi connectivity index (χ0n) is 17.8. The van der Waals surface area contributed by atoms with Gasteiger partial charge in [-0.3, -0.25) is 9.69 Å². The summed E-state index contributed by atoms with van der Waals surface area (Å²) >= 11 is 0. The summed E-state index contributed by atoms with van der Waals surface area (Å²) in [6.07, 6.45) is 4.06. The summed E-state index contributed by atoms with van der Waals surface area (Å²) in [7, 11) is 0. The van der Waals surface area contributed by atoms with Crippen molar-refractivity contribution in [2.45, 2.75) is 31.8 Å². The molecule has 6 heteroatoms. The van der Waals surface area contributed by atoms with Gasteiger partial charge in [0.05, 0.1) is 0 Å². The first-order chi connectivity index (χ1) is 14.5. The van der Waals surface area contributed by atoms with Crippen LogP contribution in [0.2, 0.25) is 0 Å². The van der Waals surface area contributed by atoms with Gasteiger partial charge in [-0.2, -0.15) is 0 Å². The van der Waals surface area contributed by atoms with Crippen molar-refractivity contribution in [3.8, 4) is 0 Å². The number of piperazine rings is 1. The number of hydrogen-bond acceptors (Lipinski definition) is 5. The molecular formula is C24H32N4O2. The van der Waals surface area contributed by atoms with Crippen LogP contribution in [-0.4, -0.2) is 77.2 Å². The van der Waals surface area contributed by atoms with Gasteiger partial charge in [-0.15, -0.1) is 0 Å².